The van der Waals surface area contributed by atoms with Crippen LogP contribution in [-0.4, -0.2) is 10.9 Å². The zero-order valence-corrected chi connectivity index (χ0v) is 12.0. The van der Waals surface area contributed by atoms with Crippen molar-refractivity contribution in [2.24, 2.45) is 0 Å². The van der Waals surface area contributed by atoms with Crippen LogP contribution in [0.1, 0.15) is 18.5 Å². The molecule has 0 fully saturated rings. The summed E-state index contributed by atoms with van der Waals surface area (Å²) < 4.78 is 0. The van der Waals surface area contributed by atoms with Gasteiger partial charge in [-0.1, -0.05) is 60.7 Å². The molecule has 0 saturated carbocycles. The highest BCUT2D eigenvalue weighted by Gasteiger charge is 2.13. The largest absolute Gasteiger partial charge is 0.365 e. The molecule has 2 rings (SSSR count). The first-order valence-electron chi connectivity index (χ1n) is 6.38. The molecule has 0 radical (unpaired) electrons. The highest BCUT2D eigenvalue weighted by atomic mass is 32.1. The molecule has 0 aliphatic heterocycles. The summed E-state index contributed by atoms with van der Waals surface area (Å²) in [7, 11) is 0. The van der Waals surface area contributed by atoms with Crippen molar-refractivity contribution in [2.75, 3.05) is 5.32 Å². The van der Waals surface area contributed by atoms with E-state index in [9.17, 15) is 4.79 Å². The van der Waals surface area contributed by atoms with Crippen LogP contribution in [-0.2, 0) is 4.79 Å². The average Bonchev–Trinajstić information content (AvgIpc) is 2.49. The van der Waals surface area contributed by atoms with Crippen LogP contribution in [0.25, 0.3) is 0 Å². The quantitative estimate of drug-likeness (QED) is 0.850. The molecule has 2 aromatic carbocycles. The van der Waals surface area contributed by atoms with Gasteiger partial charge in [0.1, 0.15) is 0 Å². The Balaban J connectivity index is 1.93. The highest BCUT2D eigenvalue weighted by molar-refractivity contribution is 7.82. The van der Waals surface area contributed by atoms with E-state index in [1.165, 1.54) is 0 Å². The Morgan fingerprint density at radius 1 is 1.00 bits per heavy atom. The maximum atomic E-state index is 12.0. The van der Waals surface area contributed by atoms with E-state index in [0.29, 0.717) is 0 Å². The topological polar surface area (TPSA) is 41.1 Å². The number of carbonyl (C=O) groups is 1. The van der Waals surface area contributed by atoms with Crippen LogP contribution < -0.4 is 10.6 Å². The average molecular weight is 284 g/mol. The number of hydrogen-bond acceptors (Lipinski definition) is 2. The van der Waals surface area contributed by atoms with Gasteiger partial charge in [-0.15, -0.1) is 0 Å². The third-order valence-electron chi connectivity index (χ3n) is 2.89. The molecule has 0 heterocycles. The minimum Gasteiger partial charge on any atom is -0.365 e. The van der Waals surface area contributed by atoms with Crippen molar-refractivity contribution in [1.29, 1.82) is 0 Å². The highest BCUT2D eigenvalue weighted by Crippen LogP contribution is 2.11. The van der Waals surface area contributed by atoms with Gasteiger partial charge in [0.05, 0.1) is 0 Å². The van der Waals surface area contributed by atoms with E-state index < -0.39 is 0 Å². The number of anilines is 1. The Morgan fingerprint density at radius 3 is 2.15 bits per heavy atom. The normalized spacial score (nSPS) is 11.4. The lowest BCUT2D eigenvalue weighted by Crippen LogP contribution is -2.35. The van der Waals surface area contributed by atoms with Gasteiger partial charge in [-0.3, -0.25) is 4.79 Å². The van der Waals surface area contributed by atoms with E-state index in [4.69, 9.17) is 12.2 Å². The monoisotopic (exact) mass is 284 g/mol. The standard InChI is InChI=1S/C16H16N2OS/c1-12(13-8-4-2-5-9-13)17-16(20)15(19)18-14-10-6-3-7-11-14/h2-12H,1H3,(H,17,20)(H,18,19). The molecule has 1 amide bonds. The van der Waals surface area contributed by atoms with Gasteiger partial charge in [0.15, 0.2) is 4.99 Å². The third kappa shape index (κ3) is 3.90. The predicted molar refractivity (Wildman–Crippen MR) is 85.7 cm³/mol. The van der Waals surface area contributed by atoms with Crippen molar-refractivity contribution >= 4 is 28.8 Å². The Hall–Kier alpha value is -2.20. The summed E-state index contributed by atoms with van der Waals surface area (Å²) >= 11 is 5.13. The molecule has 20 heavy (non-hydrogen) atoms. The molecule has 0 aliphatic rings. The summed E-state index contributed by atoms with van der Waals surface area (Å²) in [5, 5.41) is 5.79. The number of thiocarbonyl (C=S) groups is 1. The Kier molecular flexibility index (Phi) is 4.85. The van der Waals surface area contributed by atoms with Crippen LogP contribution in [0.4, 0.5) is 5.69 Å². The van der Waals surface area contributed by atoms with E-state index >= 15 is 0 Å². The molecular formula is C16H16N2OS. The van der Waals surface area contributed by atoms with Gasteiger partial charge < -0.3 is 10.6 Å². The number of rotatable bonds is 3. The fourth-order valence-corrected chi connectivity index (χ4v) is 2.02. The van der Waals surface area contributed by atoms with Gasteiger partial charge in [0, 0.05) is 11.7 Å². The molecule has 4 heteroatoms. The first-order chi connectivity index (χ1) is 9.66. The molecule has 1 unspecified atom stereocenters. The number of benzene rings is 2. The number of amides is 1. The molecule has 0 aromatic heterocycles. The summed E-state index contributed by atoms with van der Waals surface area (Å²) in [5.74, 6) is -0.297. The molecular weight excluding hydrogens is 268 g/mol. The molecule has 2 N–H and O–H groups in total. The van der Waals surface area contributed by atoms with Crippen LogP contribution in [0.5, 0.6) is 0 Å². The lowest BCUT2D eigenvalue weighted by atomic mass is 10.1. The zero-order valence-electron chi connectivity index (χ0n) is 11.2. The Labute approximate surface area is 124 Å². The van der Waals surface area contributed by atoms with E-state index in [2.05, 4.69) is 10.6 Å². The molecule has 0 saturated heterocycles. The van der Waals surface area contributed by atoms with Gasteiger partial charge in [-0.25, -0.2) is 0 Å². The van der Waals surface area contributed by atoms with Crippen LogP contribution in [0.15, 0.2) is 60.7 Å². The minimum absolute atomic E-state index is 0.00905. The summed E-state index contributed by atoms with van der Waals surface area (Å²) in [6, 6.07) is 19.1. The van der Waals surface area contributed by atoms with Crippen molar-refractivity contribution in [3.05, 3.63) is 66.2 Å². The molecule has 0 aliphatic carbocycles. The van der Waals surface area contributed by atoms with Crippen LogP contribution >= 0.6 is 12.2 Å². The van der Waals surface area contributed by atoms with Gasteiger partial charge in [-0.05, 0) is 24.6 Å². The first kappa shape index (κ1) is 14.2. The maximum absolute atomic E-state index is 12.0. The van der Waals surface area contributed by atoms with Gasteiger partial charge in [-0.2, -0.15) is 0 Å². The van der Waals surface area contributed by atoms with Crippen LogP contribution in [0.3, 0.4) is 0 Å². The number of para-hydroxylation sites is 1. The zero-order chi connectivity index (χ0) is 14.4. The van der Waals surface area contributed by atoms with Gasteiger partial charge in [0.25, 0.3) is 5.91 Å². The van der Waals surface area contributed by atoms with Crippen LogP contribution in [0, 0.1) is 0 Å². The van der Waals surface area contributed by atoms with Crippen molar-refractivity contribution in [1.82, 2.24) is 5.32 Å². The SMILES string of the molecule is CC(NC(=S)C(=O)Nc1ccccc1)c1ccccc1. The molecule has 0 spiro atoms. The summed E-state index contributed by atoms with van der Waals surface area (Å²) in [5.41, 5.74) is 1.82. The number of carbonyl (C=O) groups excluding carboxylic acids is 1. The molecule has 0 bridgehead atoms. The lowest BCUT2D eigenvalue weighted by molar-refractivity contribution is -0.110. The second-order valence-electron chi connectivity index (χ2n) is 4.43. The summed E-state index contributed by atoms with van der Waals surface area (Å²) in [6.45, 7) is 1.97. The second-order valence-corrected chi connectivity index (χ2v) is 4.83. The first-order valence-corrected chi connectivity index (χ1v) is 6.79. The molecule has 3 nitrogen and oxygen atoms in total. The lowest BCUT2D eigenvalue weighted by Gasteiger charge is -2.16. The van der Waals surface area contributed by atoms with Crippen molar-refractivity contribution < 1.29 is 4.79 Å². The minimum atomic E-state index is -0.297. The molecule has 2 aromatic rings. The molecule has 1 atom stereocenters. The van der Waals surface area contributed by atoms with Crippen molar-refractivity contribution in [2.45, 2.75) is 13.0 Å². The molecule has 102 valence electrons. The second kappa shape index (κ2) is 6.82. The van der Waals surface area contributed by atoms with Crippen molar-refractivity contribution in [3.8, 4) is 0 Å². The van der Waals surface area contributed by atoms with Crippen molar-refractivity contribution in [3.63, 3.8) is 0 Å². The number of nitrogens with one attached hydrogen (secondary N) is 2. The third-order valence-corrected chi connectivity index (χ3v) is 3.19. The van der Waals surface area contributed by atoms with Gasteiger partial charge in [0.2, 0.25) is 0 Å². The Bertz CT molecular complexity index is 584. The van der Waals surface area contributed by atoms with Gasteiger partial charge >= 0.3 is 0 Å². The number of hydrogen-bond donors (Lipinski definition) is 2. The summed E-state index contributed by atoms with van der Waals surface area (Å²) in [6.07, 6.45) is 0. The summed E-state index contributed by atoms with van der Waals surface area (Å²) in [4.78, 5) is 12.1. The van der Waals surface area contributed by atoms with E-state index in [0.717, 1.165) is 11.3 Å². The Morgan fingerprint density at radius 2 is 1.55 bits per heavy atom. The van der Waals surface area contributed by atoms with Crippen LogP contribution in [0.2, 0.25) is 0 Å². The fourth-order valence-electron chi connectivity index (χ4n) is 1.80. The smallest absolute Gasteiger partial charge is 0.283 e. The van der Waals surface area contributed by atoms with E-state index in [-0.39, 0.29) is 16.9 Å². The van der Waals surface area contributed by atoms with E-state index in [1.54, 1.807) is 0 Å². The predicted octanol–water partition coefficient (Wildman–Crippen LogP) is 3.30. The maximum Gasteiger partial charge on any atom is 0.283 e. The fraction of sp³-hybridized carbons (Fsp3) is 0.125. The van der Waals surface area contributed by atoms with E-state index in [1.807, 2.05) is 67.6 Å².